The molecule has 2 heterocycles. The van der Waals surface area contributed by atoms with Crippen molar-refractivity contribution >= 4 is 34.6 Å². The Morgan fingerprint density at radius 3 is 2.70 bits per heavy atom. The van der Waals surface area contributed by atoms with Crippen LogP contribution in [0.3, 0.4) is 0 Å². The van der Waals surface area contributed by atoms with Gasteiger partial charge in [0, 0.05) is 6.54 Å². The highest BCUT2D eigenvalue weighted by atomic mass is 32.2. The standard InChI is InChI=1S/C21H20N2O3S/c1-3-10-23-20(24)19(12-15-6-9-17-18(11-15)26-13-25-17)27-21(23)22-16-7-4-14(2)5-8-16/h4-9,11-12H,3,10,13H2,1-2H3/b19-12+,22-21?. The zero-order chi connectivity index (χ0) is 18.8. The Morgan fingerprint density at radius 1 is 1.15 bits per heavy atom. The molecule has 0 bridgehead atoms. The number of hydrogen-bond acceptors (Lipinski definition) is 5. The van der Waals surface area contributed by atoms with Crippen LogP contribution < -0.4 is 9.47 Å². The van der Waals surface area contributed by atoms with E-state index in [4.69, 9.17) is 14.5 Å². The maximum atomic E-state index is 12.9. The Hall–Kier alpha value is -2.73. The molecule has 0 spiro atoms. The molecule has 4 rings (SSSR count). The minimum atomic E-state index is -0.00891. The van der Waals surface area contributed by atoms with Crippen molar-refractivity contribution in [3.63, 3.8) is 0 Å². The molecule has 2 aliphatic heterocycles. The van der Waals surface area contributed by atoms with Crippen LogP contribution in [0.5, 0.6) is 11.5 Å². The summed E-state index contributed by atoms with van der Waals surface area (Å²) in [6.07, 6.45) is 2.76. The van der Waals surface area contributed by atoms with Crippen molar-refractivity contribution in [2.24, 2.45) is 4.99 Å². The number of carbonyl (C=O) groups is 1. The number of amides is 1. The summed E-state index contributed by atoms with van der Waals surface area (Å²) in [7, 11) is 0. The number of benzene rings is 2. The lowest BCUT2D eigenvalue weighted by molar-refractivity contribution is -0.122. The van der Waals surface area contributed by atoms with E-state index in [9.17, 15) is 4.79 Å². The number of carbonyl (C=O) groups excluding carboxylic acids is 1. The van der Waals surface area contributed by atoms with Crippen LogP contribution in [0, 0.1) is 6.92 Å². The summed E-state index contributed by atoms with van der Waals surface area (Å²) in [6.45, 7) is 4.98. The molecule has 2 aromatic carbocycles. The van der Waals surface area contributed by atoms with Crippen LogP contribution in [0.4, 0.5) is 5.69 Å². The summed E-state index contributed by atoms with van der Waals surface area (Å²) < 4.78 is 10.8. The van der Waals surface area contributed by atoms with Crippen LogP contribution in [-0.4, -0.2) is 29.3 Å². The molecular formula is C21H20N2O3S. The summed E-state index contributed by atoms with van der Waals surface area (Å²) in [4.78, 5) is 20.0. The average Bonchev–Trinajstić information content (AvgIpc) is 3.24. The molecule has 2 aromatic rings. The van der Waals surface area contributed by atoms with Gasteiger partial charge in [0.05, 0.1) is 10.6 Å². The molecule has 27 heavy (non-hydrogen) atoms. The number of aryl methyl sites for hydroxylation is 1. The Balaban J connectivity index is 1.64. The molecule has 6 heteroatoms. The van der Waals surface area contributed by atoms with Gasteiger partial charge in [-0.05, 0) is 61.0 Å². The third-order valence-corrected chi connectivity index (χ3v) is 5.30. The van der Waals surface area contributed by atoms with Gasteiger partial charge >= 0.3 is 0 Å². The largest absolute Gasteiger partial charge is 0.454 e. The fourth-order valence-corrected chi connectivity index (χ4v) is 3.92. The molecule has 138 valence electrons. The topological polar surface area (TPSA) is 51.1 Å². The lowest BCUT2D eigenvalue weighted by Gasteiger charge is -2.13. The smallest absolute Gasteiger partial charge is 0.266 e. The molecule has 1 fully saturated rings. The van der Waals surface area contributed by atoms with E-state index in [-0.39, 0.29) is 12.7 Å². The summed E-state index contributed by atoms with van der Waals surface area (Å²) in [6, 6.07) is 13.7. The predicted octanol–water partition coefficient (Wildman–Crippen LogP) is 4.74. The van der Waals surface area contributed by atoms with Gasteiger partial charge in [-0.15, -0.1) is 0 Å². The molecule has 0 aromatic heterocycles. The second kappa shape index (κ2) is 7.48. The Kier molecular flexibility index (Phi) is 4.90. The first-order valence-electron chi connectivity index (χ1n) is 8.90. The van der Waals surface area contributed by atoms with E-state index in [1.807, 2.05) is 55.5 Å². The molecule has 1 amide bonds. The van der Waals surface area contributed by atoms with Crippen molar-refractivity contribution in [3.05, 3.63) is 58.5 Å². The van der Waals surface area contributed by atoms with Gasteiger partial charge in [0.2, 0.25) is 6.79 Å². The van der Waals surface area contributed by atoms with Gasteiger partial charge in [0.1, 0.15) is 0 Å². The fraction of sp³-hybridized carbons (Fsp3) is 0.238. The van der Waals surface area contributed by atoms with E-state index in [1.165, 1.54) is 17.3 Å². The van der Waals surface area contributed by atoms with Crippen LogP contribution in [-0.2, 0) is 4.79 Å². The van der Waals surface area contributed by atoms with Crippen molar-refractivity contribution in [1.82, 2.24) is 4.90 Å². The van der Waals surface area contributed by atoms with E-state index >= 15 is 0 Å². The molecule has 0 unspecified atom stereocenters. The van der Waals surface area contributed by atoms with Crippen molar-refractivity contribution in [1.29, 1.82) is 0 Å². The highest BCUT2D eigenvalue weighted by Crippen LogP contribution is 2.37. The maximum Gasteiger partial charge on any atom is 0.266 e. The number of ether oxygens (including phenoxy) is 2. The monoisotopic (exact) mass is 380 g/mol. The minimum Gasteiger partial charge on any atom is -0.454 e. The van der Waals surface area contributed by atoms with Crippen LogP contribution in [0.25, 0.3) is 6.08 Å². The van der Waals surface area contributed by atoms with Gasteiger partial charge in [-0.1, -0.05) is 30.7 Å². The summed E-state index contributed by atoms with van der Waals surface area (Å²) in [5.74, 6) is 1.43. The van der Waals surface area contributed by atoms with Gasteiger partial charge in [-0.2, -0.15) is 0 Å². The number of amidine groups is 1. The third-order valence-electron chi connectivity index (χ3n) is 4.29. The quantitative estimate of drug-likeness (QED) is 0.719. The fourth-order valence-electron chi connectivity index (χ4n) is 2.90. The number of thioether (sulfide) groups is 1. The predicted molar refractivity (Wildman–Crippen MR) is 108 cm³/mol. The summed E-state index contributed by atoms with van der Waals surface area (Å²) >= 11 is 1.41. The minimum absolute atomic E-state index is 0.00891. The SMILES string of the molecule is CCCN1C(=O)/C(=C\c2ccc3c(c2)OCO3)SC1=Nc1ccc(C)cc1. The second-order valence-electron chi connectivity index (χ2n) is 6.41. The first kappa shape index (κ1) is 17.7. The maximum absolute atomic E-state index is 12.9. The normalized spacial score (nSPS) is 18.7. The van der Waals surface area contributed by atoms with Crippen LogP contribution in [0.1, 0.15) is 24.5 Å². The summed E-state index contributed by atoms with van der Waals surface area (Å²) in [5, 5.41) is 0.720. The molecule has 0 N–H and O–H groups in total. The van der Waals surface area contributed by atoms with Gasteiger partial charge in [0.15, 0.2) is 16.7 Å². The summed E-state index contributed by atoms with van der Waals surface area (Å²) in [5.41, 5.74) is 2.94. The third kappa shape index (κ3) is 3.71. The first-order valence-corrected chi connectivity index (χ1v) is 9.72. The van der Waals surface area contributed by atoms with E-state index in [0.29, 0.717) is 17.2 Å². The van der Waals surface area contributed by atoms with Crippen LogP contribution in [0.2, 0.25) is 0 Å². The number of rotatable bonds is 4. The Labute approximate surface area is 162 Å². The second-order valence-corrected chi connectivity index (χ2v) is 7.42. The molecular weight excluding hydrogens is 360 g/mol. The van der Waals surface area contributed by atoms with Gasteiger partial charge in [-0.25, -0.2) is 4.99 Å². The van der Waals surface area contributed by atoms with E-state index in [0.717, 1.165) is 28.6 Å². The lowest BCUT2D eigenvalue weighted by atomic mass is 10.2. The molecule has 0 aliphatic carbocycles. The first-order chi connectivity index (χ1) is 13.1. The number of aliphatic imine (C=N–C) groups is 1. The van der Waals surface area contributed by atoms with Crippen molar-refractivity contribution in [2.75, 3.05) is 13.3 Å². The zero-order valence-electron chi connectivity index (χ0n) is 15.3. The Bertz CT molecular complexity index is 935. The van der Waals surface area contributed by atoms with Gasteiger partial charge in [-0.3, -0.25) is 9.69 Å². The van der Waals surface area contributed by atoms with Crippen LogP contribution >= 0.6 is 11.8 Å². The lowest BCUT2D eigenvalue weighted by Crippen LogP contribution is -2.29. The van der Waals surface area contributed by atoms with E-state index in [2.05, 4.69) is 6.92 Å². The van der Waals surface area contributed by atoms with Crippen molar-refractivity contribution in [3.8, 4) is 11.5 Å². The molecule has 2 aliphatic rings. The van der Waals surface area contributed by atoms with E-state index in [1.54, 1.807) is 4.90 Å². The van der Waals surface area contributed by atoms with Crippen molar-refractivity contribution < 1.29 is 14.3 Å². The highest BCUT2D eigenvalue weighted by Gasteiger charge is 2.32. The molecule has 0 saturated carbocycles. The van der Waals surface area contributed by atoms with Gasteiger partial charge < -0.3 is 9.47 Å². The number of hydrogen-bond donors (Lipinski definition) is 0. The average molecular weight is 380 g/mol. The number of fused-ring (bicyclic) bond motifs is 1. The van der Waals surface area contributed by atoms with Crippen molar-refractivity contribution in [2.45, 2.75) is 20.3 Å². The molecule has 0 radical (unpaired) electrons. The van der Waals surface area contributed by atoms with E-state index < -0.39 is 0 Å². The Morgan fingerprint density at radius 2 is 1.93 bits per heavy atom. The number of nitrogens with zero attached hydrogens (tertiary/aromatic N) is 2. The van der Waals surface area contributed by atoms with Gasteiger partial charge in [0.25, 0.3) is 5.91 Å². The zero-order valence-corrected chi connectivity index (χ0v) is 16.1. The highest BCUT2D eigenvalue weighted by molar-refractivity contribution is 8.18. The molecule has 1 saturated heterocycles. The molecule has 0 atom stereocenters. The molecule has 5 nitrogen and oxygen atoms in total. The van der Waals surface area contributed by atoms with Crippen LogP contribution in [0.15, 0.2) is 52.4 Å².